The molecule has 1 aliphatic rings. The van der Waals surface area contributed by atoms with Gasteiger partial charge in [-0.3, -0.25) is 4.90 Å². The molecule has 1 unspecified atom stereocenters. The van der Waals surface area contributed by atoms with Crippen LogP contribution in [0.15, 0.2) is 18.2 Å². The molecule has 1 saturated heterocycles. The second-order valence-electron chi connectivity index (χ2n) is 6.29. The Labute approximate surface area is 155 Å². The predicted octanol–water partition coefficient (Wildman–Crippen LogP) is 3.72. The van der Waals surface area contributed by atoms with Gasteiger partial charge in [-0.1, -0.05) is 11.6 Å². The molecule has 1 aliphatic heterocycles. The van der Waals surface area contributed by atoms with Crippen LogP contribution in [0.1, 0.15) is 31.2 Å². The average molecular weight is 394 g/mol. The van der Waals surface area contributed by atoms with Crippen molar-refractivity contribution < 1.29 is 23.1 Å². The molecule has 5 nitrogen and oxygen atoms in total. The summed E-state index contributed by atoms with van der Waals surface area (Å²) in [6.07, 6.45) is -0.856. The maximum atomic E-state index is 12.8. The molecule has 3 N–H and O–H groups in total. The first kappa shape index (κ1) is 20.8. The summed E-state index contributed by atoms with van der Waals surface area (Å²) >= 11 is 5.54. The van der Waals surface area contributed by atoms with E-state index in [4.69, 9.17) is 11.6 Å². The molecule has 1 fully saturated rings. The minimum atomic E-state index is -4.58. The van der Waals surface area contributed by atoms with E-state index in [9.17, 15) is 23.1 Å². The first-order valence-corrected chi connectivity index (χ1v) is 8.95. The molecule has 0 bridgehead atoms. The molecule has 1 heterocycles. The van der Waals surface area contributed by atoms with Gasteiger partial charge in [0.25, 0.3) is 0 Å². The third-order valence-corrected chi connectivity index (χ3v) is 4.73. The van der Waals surface area contributed by atoms with Crippen LogP contribution in [0.5, 0.6) is 0 Å². The number of amides is 2. The fraction of sp³-hybridized carbons (Fsp3) is 0.588. The molecule has 0 radical (unpaired) electrons. The van der Waals surface area contributed by atoms with Crippen molar-refractivity contribution in [3.05, 3.63) is 28.8 Å². The molecule has 1 aromatic rings. The van der Waals surface area contributed by atoms with Crippen molar-refractivity contribution >= 4 is 23.3 Å². The quantitative estimate of drug-likeness (QED) is 0.619. The van der Waals surface area contributed by atoms with Crippen LogP contribution in [0.2, 0.25) is 5.02 Å². The van der Waals surface area contributed by atoms with Crippen LogP contribution in [0, 0.1) is 0 Å². The number of unbranched alkanes of at least 4 members (excludes halogenated alkanes) is 1. The van der Waals surface area contributed by atoms with Crippen molar-refractivity contribution in [1.29, 1.82) is 0 Å². The van der Waals surface area contributed by atoms with E-state index in [2.05, 4.69) is 15.5 Å². The van der Waals surface area contributed by atoms with Gasteiger partial charge in [0, 0.05) is 18.3 Å². The summed E-state index contributed by atoms with van der Waals surface area (Å²) in [4.78, 5) is 14.0. The fourth-order valence-corrected chi connectivity index (χ4v) is 3.26. The fourth-order valence-electron chi connectivity index (χ4n) is 3.03. The molecule has 2 amide bonds. The lowest BCUT2D eigenvalue weighted by Crippen LogP contribution is -2.34. The number of nitrogens with one attached hydrogen (secondary N) is 2. The molecular weight excluding hydrogens is 371 g/mol. The number of carbonyl (C=O) groups is 1. The number of likely N-dealkylation sites (tertiary alicyclic amines) is 1. The standard InChI is InChI=1S/C17H23ClF3N3O2/c18-15-6-5-12(10-14(15)17(19,20)21)23-16(26)22-7-1-2-8-24-9-3-4-13(24)11-25/h5-6,10,13,25H,1-4,7-9,11H2,(H2,22,23,26). The first-order valence-electron chi connectivity index (χ1n) is 8.58. The topological polar surface area (TPSA) is 64.6 Å². The third kappa shape index (κ3) is 6.03. The van der Waals surface area contributed by atoms with Crippen LogP contribution in [0.3, 0.4) is 0 Å². The van der Waals surface area contributed by atoms with E-state index in [1.54, 1.807) is 0 Å². The highest BCUT2D eigenvalue weighted by molar-refractivity contribution is 6.31. The number of benzene rings is 1. The van der Waals surface area contributed by atoms with Gasteiger partial charge in [-0.05, 0) is 57.0 Å². The Morgan fingerprint density at radius 2 is 2.12 bits per heavy atom. The molecule has 2 rings (SSSR count). The number of alkyl halides is 3. The lowest BCUT2D eigenvalue weighted by molar-refractivity contribution is -0.137. The number of halogens is 4. The van der Waals surface area contributed by atoms with Gasteiger partial charge in [-0.25, -0.2) is 4.79 Å². The number of urea groups is 1. The monoisotopic (exact) mass is 393 g/mol. The van der Waals surface area contributed by atoms with E-state index in [1.165, 1.54) is 6.07 Å². The Hall–Kier alpha value is -1.51. The van der Waals surface area contributed by atoms with Crippen LogP contribution in [-0.4, -0.2) is 48.3 Å². The third-order valence-electron chi connectivity index (χ3n) is 4.40. The largest absolute Gasteiger partial charge is 0.417 e. The number of aliphatic hydroxyl groups is 1. The SMILES string of the molecule is O=C(NCCCCN1CCCC1CO)Nc1ccc(Cl)c(C(F)(F)F)c1. The summed E-state index contributed by atoms with van der Waals surface area (Å²) in [5.74, 6) is 0. The minimum absolute atomic E-state index is 0.0297. The maximum absolute atomic E-state index is 12.8. The van der Waals surface area contributed by atoms with Gasteiger partial charge in [-0.2, -0.15) is 13.2 Å². The van der Waals surface area contributed by atoms with Crippen molar-refractivity contribution in [3.63, 3.8) is 0 Å². The number of hydrogen-bond acceptors (Lipinski definition) is 3. The van der Waals surface area contributed by atoms with E-state index in [-0.39, 0.29) is 18.3 Å². The lowest BCUT2D eigenvalue weighted by atomic mass is 10.2. The molecule has 0 aromatic heterocycles. The molecule has 0 spiro atoms. The van der Waals surface area contributed by atoms with Gasteiger partial charge in [0.1, 0.15) is 0 Å². The molecule has 9 heteroatoms. The van der Waals surface area contributed by atoms with Crippen LogP contribution in [0.25, 0.3) is 0 Å². The highest BCUT2D eigenvalue weighted by atomic mass is 35.5. The Morgan fingerprint density at radius 3 is 2.81 bits per heavy atom. The molecule has 146 valence electrons. The molecule has 26 heavy (non-hydrogen) atoms. The summed E-state index contributed by atoms with van der Waals surface area (Å²) in [5.41, 5.74) is -0.955. The van der Waals surface area contributed by atoms with Gasteiger partial charge in [-0.15, -0.1) is 0 Å². The number of rotatable bonds is 7. The van der Waals surface area contributed by atoms with Crippen molar-refractivity contribution in [2.75, 3.05) is 31.6 Å². The number of anilines is 1. The summed E-state index contributed by atoms with van der Waals surface area (Å²) < 4.78 is 38.4. The van der Waals surface area contributed by atoms with Gasteiger partial charge in [0.2, 0.25) is 0 Å². The number of carbonyl (C=O) groups excluding carboxylic acids is 1. The molecule has 0 aliphatic carbocycles. The zero-order chi connectivity index (χ0) is 19.2. The summed E-state index contributed by atoms with van der Waals surface area (Å²) in [5, 5.41) is 13.8. The van der Waals surface area contributed by atoms with E-state index < -0.39 is 22.8 Å². The second kappa shape index (κ2) is 9.43. The number of nitrogens with zero attached hydrogens (tertiary/aromatic N) is 1. The summed E-state index contributed by atoms with van der Waals surface area (Å²) in [6, 6.07) is 2.91. The van der Waals surface area contributed by atoms with Crippen molar-refractivity contribution in [2.45, 2.75) is 37.9 Å². The van der Waals surface area contributed by atoms with Crippen molar-refractivity contribution in [2.24, 2.45) is 0 Å². The first-order chi connectivity index (χ1) is 12.3. The highest BCUT2D eigenvalue weighted by Gasteiger charge is 2.33. The van der Waals surface area contributed by atoms with Crippen LogP contribution in [0.4, 0.5) is 23.7 Å². The van der Waals surface area contributed by atoms with Crippen molar-refractivity contribution in [1.82, 2.24) is 10.2 Å². The second-order valence-corrected chi connectivity index (χ2v) is 6.70. The predicted molar refractivity (Wildman–Crippen MR) is 94.4 cm³/mol. The van der Waals surface area contributed by atoms with E-state index in [0.717, 1.165) is 50.9 Å². The maximum Gasteiger partial charge on any atom is 0.417 e. The number of hydrogen-bond donors (Lipinski definition) is 3. The Bertz CT molecular complexity index is 613. The van der Waals surface area contributed by atoms with Gasteiger partial charge < -0.3 is 15.7 Å². The summed E-state index contributed by atoms with van der Waals surface area (Å²) in [7, 11) is 0. The van der Waals surface area contributed by atoms with Gasteiger partial charge in [0.05, 0.1) is 17.2 Å². The van der Waals surface area contributed by atoms with Gasteiger partial charge in [0.15, 0.2) is 0 Å². The molecular formula is C17H23ClF3N3O2. The van der Waals surface area contributed by atoms with E-state index >= 15 is 0 Å². The smallest absolute Gasteiger partial charge is 0.395 e. The lowest BCUT2D eigenvalue weighted by Gasteiger charge is -2.22. The Kier molecular flexibility index (Phi) is 7.55. The van der Waals surface area contributed by atoms with E-state index in [1.807, 2.05) is 0 Å². The summed E-state index contributed by atoms with van der Waals surface area (Å²) in [6.45, 7) is 2.43. The zero-order valence-corrected chi connectivity index (χ0v) is 15.0. The Morgan fingerprint density at radius 1 is 1.35 bits per heavy atom. The zero-order valence-electron chi connectivity index (χ0n) is 14.3. The normalized spacial score (nSPS) is 18.1. The minimum Gasteiger partial charge on any atom is -0.395 e. The van der Waals surface area contributed by atoms with Crippen LogP contribution < -0.4 is 10.6 Å². The number of aliphatic hydroxyl groups excluding tert-OH is 1. The highest BCUT2D eigenvalue weighted by Crippen LogP contribution is 2.36. The van der Waals surface area contributed by atoms with Crippen LogP contribution in [-0.2, 0) is 6.18 Å². The van der Waals surface area contributed by atoms with Gasteiger partial charge >= 0.3 is 12.2 Å². The van der Waals surface area contributed by atoms with E-state index in [0.29, 0.717) is 6.54 Å². The van der Waals surface area contributed by atoms with Crippen LogP contribution >= 0.6 is 11.6 Å². The molecule has 0 saturated carbocycles. The molecule has 1 aromatic carbocycles. The van der Waals surface area contributed by atoms with Crippen molar-refractivity contribution in [3.8, 4) is 0 Å². The average Bonchev–Trinajstić information content (AvgIpc) is 3.02. The Balaban J connectivity index is 1.71. The molecule has 1 atom stereocenters.